The highest BCUT2D eigenvalue weighted by Gasteiger charge is 2.48. The Labute approximate surface area is 130 Å². The van der Waals surface area contributed by atoms with E-state index in [0.717, 1.165) is 11.6 Å². The van der Waals surface area contributed by atoms with Gasteiger partial charge in [0.2, 0.25) is 0 Å². The molecule has 128 valence electrons. The van der Waals surface area contributed by atoms with Crippen molar-refractivity contribution in [1.82, 2.24) is 4.90 Å². The van der Waals surface area contributed by atoms with Crippen molar-refractivity contribution in [2.24, 2.45) is 0 Å². The Balaban J connectivity index is 2.09. The first-order valence-electron chi connectivity index (χ1n) is 6.65. The van der Waals surface area contributed by atoms with Gasteiger partial charge in [-0.05, 0) is 29.7 Å². The number of rotatable bonds is 5. The maximum Gasteiger partial charge on any atom is 0.534 e. The molecular formula is C13H14F3NO5S. The molecule has 1 N–H and O–H groups in total. The first kappa shape index (κ1) is 17.5. The van der Waals surface area contributed by atoms with Crippen LogP contribution in [-0.4, -0.2) is 43.0 Å². The average Bonchev–Trinajstić information content (AvgIpc) is 2.43. The second kappa shape index (κ2) is 6.36. The van der Waals surface area contributed by atoms with E-state index in [2.05, 4.69) is 4.18 Å². The Hall–Kier alpha value is -1.81. The zero-order chi connectivity index (χ0) is 17.3. The summed E-state index contributed by atoms with van der Waals surface area (Å²) in [6.45, 7) is 1.36. The molecular weight excluding hydrogens is 339 g/mol. The highest BCUT2D eigenvalue weighted by Crippen LogP contribution is 2.29. The summed E-state index contributed by atoms with van der Waals surface area (Å²) in [7, 11) is -5.68. The highest BCUT2D eigenvalue weighted by atomic mass is 32.2. The van der Waals surface area contributed by atoms with Crippen LogP contribution in [0, 0.1) is 0 Å². The van der Waals surface area contributed by atoms with E-state index >= 15 is 0 Å². The summed E-state index contributed by atoms with van der Waals surface area (Å²) in [6, 6.07) is 3.92. The van der Waals surface area contributed by atoms with Crippen LogP contribution in [0.3, 0.4) is 0 Å². The van der Waals surface area contributed by atoms with Crippen molar-refractivity contribution in [1.29, 1.82) is 0 Å². The molecule has 1 heterocycles. The zero-order valence-electron chi connectivity index (χ0n) is 11.8. The Morgan fingerprint density at radius 2 is 2.00 bits per heavy atom. The average molecular weight is 353 g/mol. The van der Waals surface area contributed by atoms with E-state index < -0.39 is 21.6 Å². The molecule has 23 heavy (non-hydrogen) atoms. The molecule has 1 aromatic carbocycles. The Morgan fingerprint density at radius 1 is 1.30 bits per heavy atom. The third kappa shape index (κ3) is 4.35. The lowest BCUT2D eigenvalue weighted by Gasteiger charge is -2.28. The number of hydrogen-bond donors (Lipinski definition) is 1. The smallest absolute Gasteiger partial charge is 0.481 e. The summed E-state index contributed by atoms with van der Waals surface area (Å²) in [6.07, 6.45) is 0.471. The van der Waals surface area contributed by atoms with E-state index in [9.17, 15) is 26.4 Å². The minimum atomic E-state index is -5.68. The summed E-state index contributed by atoms with van der Waals surface area (Å²) >= 11 is 0. The molecule has 0 unspecified atom stereocenters. The number of aliphatic carboxylic acids is 1. The van der Waals surface area contributed by atoms with Crippen LogP contribution in [0.4, 0.5) is 13.2 Å². The molecule has 1 aromatic rings. The Morgan fingerprint density at radius 3 is 2.61 bits per heavy atom. The second-order valence-corrected chi connectivity index (χ2v) is 6.62. The molecule has 0 aromatic heterocycles. The fourth-order valence-electron chi connectivity index (χ4n) is 2.26. The van der Waals surface area contributed by atoms with Gasteiger partial charge in [-0.2, -0.15) is 21.6 Å². The van der Waals surface area contributed by atoms with Gasteiger partial charge in [-0.15, -0.1) is 0 Å². The van der Waals surface area contributed by atoms with E-state index in [-0.39, 0.29) is 12.2 Å². The van der Waals surface area contributed by atoms with E-state index in [4.69, 9.17) is 5.11 Å². The number of carbonyl (C=O) groups is 1. The lowest BCUT2D eigenvalue weighted by Crippen LogP contribution is -2.32. The number of halogens is 3. The topological polar surface area (TPSA) is 83.9 Å². The van der Waals surface area contributed by atoms with Gasteiger partial charge in [0.25, 0.3) is 0 Å². The van der Waals surface area contributed by atoms with Crippen LogP contribution < -0.4 is 4.18 Å². The van der Waals surface area contributed by atoms with Crippen molar-refractivity contribution in [2.75, 3.05) is 13.1 Å². The van der Waals surface area contributed by atoms with Crippen molar-refractivity contribution >= 4 is 16.1 Å². The number of nitrogens with zero attached hydrogens (tertiary/aromatic N) is 1. The molecule has 0 bridgehead atoms. The molecule has 0 fully saturated rings. The molecule has 0 spiro atoms. The van der Waals surface area contributed by atoms with Crippen LogP contribution in [0.5, 0.6) is 5.75 Å². The molecule has 0 saturated carbocycles. The largest absolute Gasteiger partial charge is 0.534 e. The second-order valence-electron chi connectivity index (χ2n) is 5.08. The lowest BCUT2D eigenvalue weighted by atomic mass is 9.99. The Bertz CT molecular complexity index is 702. The monoisotopic (exact) mass is 353 g/mol. The molecule has 0 saturated heterocycles. The minimum absolute atomic E-state index is 0.000351. The van der Waals surface area contributed by atoms with Gasteiger partial charge in [-0.25, -0.2) is 0 Å². The molecule has 0 aliphatic carbocycles. The van der Waals surface area contributed by atoms with Gasteiger partial charge in [-0.3, -0.25) is 9.69 Å². The van der Waals surface area contributed by atoms with Crippen LogP contribution in [0.25, 0.3) is 0 Å². The van der Waals surface area contributed by atoms with E-state index in [1.165, 1.54) is 12.1 Å². The number of carboxylic acid groups (broad SMARTS) is 1. The van der Waals surface area contributed by atoms with E-state index in [1.54, 1.807) is 0 Å². The van der Waals surface area contributed by atoms with Crippen LogP contribution in [0.2, 0.25) is 0 Å². The number of hydrogen-bond acceptors (Lipinski definition) is 5. The van der Waals surface area contributed by atoms with Crippen LogP contribution in [0.15, 0.2) is 18.2 Å². The normalized spacial score (nSPS) is 16.0. The quantitative estimate of drug-likeness (QED) is 0.641. The van der Waals surface area contributed by atoms with Crippen molar-refractivity contribution < 1.29 is 35.7 Å². The predicted molar refractivity (Wildman–Crippen MR) is 73.3 cm³/mol. The first-order chi connectivity index (χ1) is 10.6. The van der Waals surface area contributed by atoms with Gasteiger partial charge >= 0.3 is 21.6 Å². The fourth-order valence-corrected chi connectivity index (χ4v) is 2.71. The molecule has 2 rings (SSSR count). The molecule has 1 aliphatic heterocycles. The summed E-state index contributed by atoms with van der Waals surface area (Å²) in [5.74, 6) is -1.29. The summed E-state index contributed by atoms with van der Waals surface area (Å²) in [5.41, 5.74) is -3.99. The lowest BCUT2D eigenvalue weighted by molar-refractivity contribution is -0.137. The van der Waals surface area contributed by atoms with E-state index in [1.807, 2.05) is 4.90 Å². The van der Waals surface area contributed by atoms with Crippen molar-refractivity contribution in [3.63, 3.8) is 0 Å². The highest BCUT2D eigenvalue weighted by molar-refractivity contribution is 7.88. The third-order valence-electron chi connectivity index (χ3n) is 3.40. The van der Waals surface area contributed by atoms with Crippen molar-refractivity contribution in [2.45, 2.75) is 24.9 Å². The SMILES string of the molecule is O=C(O)CCN1CCc2cc(OS(=O)(=O)C(F)(F)F)ccc2C1. The van der Waals surface area contributed by atoms with Gasteiger partial charge in [0, 0.05) is 19.6 Å². The van der Waals surface area contributed by atoms with Gasteiger partial charge in [0.05, 0.1) is 6.42 Å². The molecule has 1 aliphatic rings. The minimum Gasteiger partial charge on any atom is -0.481 e. The number of alkyl halides is 3. The zero-order valence-corrected chi connectivity index (χ0v) is 12.7. The first-order valence-corrected chi connectivity index (χ1v) is 8.06. The molecule has 10 heteroatoms. The van der Waals surface area contributed by atoms with Gasteiger partial charge in [-0.1, -0.05) is 6.07 Å². The fraction of sp³-hybridized carbons (Fsp3) is 0.462. The van der Waals surface area contributed by atoms with Gasteiger partial charge in [0.15, 0.2) is 0 Å². The molecule has 0 radical (unpaired) electrons. The van der Waals surface area contributed by atoms with Gasteiger partial charge < -0.3 is 9.29 Å². The maximum atomic E-state index is 12.3. The maximum absolute atomic E-state index is 12.3. The van der Waals surface area contributed by atoms with Crippen molar-refractivity contribution in [3.05, 3.63) is 29.3 Å². The summed E-state index contributed by atoms with van der Waals surface area (Å²) < 4.78 is 62.9. The van der Waals surface area contributed by atoms with Crippen molar-refractivity contribution in [3.8, 4) is 5.75 Å². The molecule has 0 atom stereocenters. The van der Waals surface area contributed by atoms with Crippen LogP contribution in [-0.2, 0) is 27.9 Å². The number of benzene rings is 1. The number of fused-ring (bicyclic) bond motifs is 1. The third-order valence-corrected chi connectivity index (χ3v) is 4.38. The van der Waals surface area contributed by atoms with Crippen LogP contribution >= 0.6 is 0 Å². The molecule has 0 amide bonds. The standard InChI is InChI=1S/C13H14F3NO5S/c14-13(15,16)23(20,21)22-11-2-1-10-8-17(6-4-12(18)19)5-3-9(10)7-11/h1-2,7H,3-6,8H2,(H,18,19). The predicted octanol–water partition coefficient (Wildman–Crippen LogP) is 1.75. The van der Waals surface area contributed by atoms with Gasteiger partial charge in [0.1, 0.15) is 5.75 Å². The van der Waals surface area contributed by atoms with E-state index in [0.29, 0.717) is 31.6 Å². The molecule has 6 nitrogen and oxygen atoms in total. The number of carboxylic acids is 1. The summed E-state index contributed by atoms with van der Waals surface area (Å²) in [4.78, 5) is 12.5. The Kier molecular flexibility index (Phi) is 4.85. The summed E-state index contributed by atoms with van der Waals surface area (Å²) in [5, 5.41) is 8.66. The van der Waals surface area contributed by atoms with Crippen LogP contribution in [0.1, 0.15) is 17.5 Å².